The summed E-state index contributed by atoms with van der Waals surface area (Å²) in [6.07, 6.45) is 3.26. The maximum Gasteiger partial charge on any atom is 0.220 e. The van der Waals surface area contributed by atoms with Crippen LogP contribution in [-0.2, 0) is 11.2 Å². The van der Waals surface area contributed by atoms with Gasteiger partial charge in [0, 0.05) is 18.5 Å². The van der Waals surface area contributed by atoms with E-state index in [4.69, 9.17) is 0 Å². The van der Waals surface area contributed by atoms with Gasteiger partial charge in [-0.25, -0.2) is 4.39 Å². The number of likely N-dealkylation sites (tertiary alicyclic amines) is 1. The molecule has 0 aromatic heterocycles. The zero-order valence-electron chi connectivity index (χ0n) is 13.0. The molecule has 1 fully saturated rings. The Bertz CT molecular complexity index is 481. The minimum atomic E-state index is -0.234. The predicted octanol–water partition coefficient (Wildman–Crippen LogP) is 2.75. The van der Waals surface area contributed by atoms with E-state index in [1.807, 2.05) is 0 Å². The molecule has 0 radical (unpaired) electrons. The average molecular weight is 292 g/mol. The first-order chi connectivity index (χ1) is 9.99. The number of rotatable bonds is 6. The Hall–Kier alpha value is -1.42. The third kappa shape index (κ3) is 4.53. The Morgan fingerprint density at radius 1 is 1.29 bits per heavy atom. The SMILES string of the molecule is CC(C)(CNC(=O)CCc1ccccc1F)N1CCCC1. The summed E-state index contributed by atoms with van der Waals surface area (Å²) in [6.45, 7) is 7.18. The second-order valence-corrected chi connectivity index (χ2v) is 6.37. The minimum Gasteiger partial charge on any atom is -0.354 e. The summed E-state index contributed by atoms with van der Waals surface area (Å²) in [6, 6.07) is 6.63. The number of halogens is 1. The van der Waals surface area contributed by atoms with Crippen LogP contribution in [0.2, 0.25) is 0 Å². The van der Waals surface area contributed by atoms with Crippen LogP contribution in [0.1, 0.15) is 38.7 Å². The van der Waals surface area contributed by atoms with E-state index in [0.29, 0.717) is 24.9 Å². The maximum absolute atomic E-state index is 13.5. The summed E-state index contributed by atoms with van der Waals surface area (Å²) in [5, 5.41) is 2.99. The first-order valence-corrected chi connectivity index (χ1v) is 7.74. The quantitative estimate of drug-likeness (QED) is 0.874. The molecule has 0 aliphatic carbocycles. The molecule has 21 heavy (non-hydrogen) atoms. The lowest BCUT2D eigenvalue weighted by Gasteiger charge is -2.35. The van der Waals surface area contributed by atoms with Gasteiger partial charge in [0.15, 0.2) is 0 Å². The summed E-state index contributed by atoms with van der Waals surface area (Å²) < 4.78 is 13.5. The topological polar surface area (TPSA) is 32.3 Å². The van der Waals surface area contributed by atoms with Crippen LogP contribution in [0.5, 0.6) is 0 Å². The first-order valence-electron chi connectivity index (χ1n) is 7.74. The zero-order chi connectivity index (χ0) is 15.3. The molecule has 116 valence electrons. The number of aryl methyl sites for hydroxylation is 1. The van der Waals surface area contributed by atoms with Gasteiger partial charge in [-0.2, -0.15) is 0 Å². The number of nitrogens with zero attached hydrogens (tertiary/aromatic N) is 1. The number of benzene rings is 1. The van der Waals surface area contributed by atoms with Crippen LogP contribution < -0.4 is 5.32 Å². The molecule has 1 heterocycles. The number of hydrogen-bond acceptors (Lipinski definition) is 2. The van der Waals surface area contributed by atoms with Crippen LogP contribution in [0.4, 0.5) is 4.39 Å². The Morgan fingerprint density at radius 3 is 2.62 bits per heavy atom. The second-order valence-electron chi connectivity index (χ2n) is 6.37. The van der Waals surface area contributed by atoms with Gasteiger partial charge in [0.25, 0.3) is 0 Å². The molecule has 0 unspecified atom stereocenters. The fraction of sp³-hybridized carbons (Fsp3) is 0.588. The van der Waals surface area contributed by atoms with Crippen LogP contribution in [0.15, 0.2) is 24.3 Å². The van der Waals surface area contributed by atoms with Crippen LogP contribution in [-0.4, -0.2) is 36.0 Å². The fourth-order valence-corrected chi connectivity index (χ4v) is 2.79. The highest BCUT2D eigenvalue weighted by Crippen LogP contribution is 2.20. The normalized spacial score (nSPS) is 16.1. The van der Waals surface area contributed by atoms with E-state index in [0.717, 1.165) is 13.1 Å². The molecular weight excluding hydrogens is 267 g/mol. The van der Waals surface area contributed by atoms with E-state index >= 15 is 0 Å². The van der Waals surface area contributed by atoms with Crippen molar-refractivity contribution in [3.05, 3.63) is 35.6 Å². The summed E-state index contributed by atoms with van der Waals surface area (Å²) in [4.78, 5) is 14.4. The Labute approximate surface area is 126 Å². The molecule has 1 aromatic carbocycles. The summed E-state index contributed by atoms with van der Waals surface area (Å²) in [7, 11) is 0. The third-order valence-corrected chi connectivity index (χ3v) is 4.26. The van der Waals surface area contributed by atoms with Gasteiger partial charge in [-0.1, -0.05) is 18.2 Å². The van der Waals surface area contributed by atoms with Crippen molar-refractivity contribution in [2.24, 2.45) is 0 Å². The molecule has 2 rings (SSSR count). The number of carbonyl (C=O) groups is 1. The highest BCUT2D eigenvalue weighted by atomic mass is 19.1. The molecule has 1 aliphatic rings. The van der Waals surface area contributed by atoms with Crippen molar-refractivity contribution in [3.8, 4) is 0 Å². The van der Waals surface area contributed by atoms with Gasteiger partial charge in [0.1, 0.15) is 5.82 Å². The maximum atomic E-state index is 13.5. The van der Waals surface area contributed by atoms with Crippen molar-refractivity contribution in [2.75, 3.05) is 19.6 Å². The van der Waals surface area contributed by atoms with Crippen molar-refractivity contribution in [1.29, 1.82) is 0 Å². The molecule has 4 heteroatoms. The predicted molar refractivity (Wildman–Crippen MR) is 82.6 cm³/mol. The lowest BCUT2D eigenvalue weighted by atomic mass is 10.0. The number of nitrogens with one attached hydrogen (secondary N) is 1. The van der Waals surface area contributed by atoms with Crippen LogP contribution in [0, 0.1) is 5.82 Å². The van der Waals surface area contributed by atoms with E-state index in [1.165, 1.54) is 18.9 Å². The third-order valence-electron chi connectivity index (χ3n) is 4.26. The van der Waals surface area contributed by atoms with E-state index < -0.39 is 0 Å². The number of carbonyl (C=O) groups excluding carboxylic acids is 1. The fourth-order valence-electron chi connectivity index (χ4n) is 2.79. The lowest BCUT2D eigenvalue weighted by Crippen LogP contribution is -2.50. The van der Waals surface area contributed by atoms with Gasteiger partial charge in [-0.05, 0) is 57.8 Å². The number of hydrogen-bond donors (Lipinski definition) is 1. The molecule has 0 bridgehead atoms. The molecule has 3 nitrogen and oxygen atoms in total. The van der Waals surface area contributed by atoms with E-state index in [9.17, 15) is 9.18 Å². The van der Waals surface area contributed by atoms with Gasteiger partial charge in [-0.3, -0.25) is 9.69 Å². The van der Waals surface area contributed by atoms with Gasteiger partial charge in [0.2, 0.25) is 5.91 Å². The summed E-state index contributed by atoms with van der Waals surface area (Å²) in [5.74, 6) is -0.242. The van der Waals surface area contributed by atoms with Crippen LogP contribution in [0.3, 0.4) is 0 Å². The van der Waals surface area contributed by atoms with E-state index in [1.54, 1.807) is 18.2 Å². The molecule has 1 amide bonds. The largest absolute Gasteiger partial charge is 0.354 e. The van der Waals surface area contributed by atoms with Crippen molar-refractivity contribution >= 4 is 5.91 Å². The average Bonchev–Trinajstić information content (AvgIpc) is 2.99. The Balaban J connectivity index is 1.76. The van der Waals surface area contributed by atoms with Crippen LogP contribution >= 0.6 is 0 Å². The smallest absolute Gasteiger partial charge is 0.220 e. The van der Waals surface area contributed by atoms with E-state index in [-0.39, 0.29) is 17.3 Å². The second kappa shape index (κ2) is 7.03. The van der Waals surface area contributed by atoms with Gasteiger partial charge in [0.05, 0.1) is 0 Å². The first kappa shape index (κ1) is 16.0. The molecule has 1 aromatic rings. The number of amides is 1. The molecule has 1 N–H and O–H groups in total. The van der Waals surface area contributed by atoms with Crippen molar-refractivity contribution < 1.29 is 9.18 Å². The van der Waals surface area contributed by atoms with Gasteiger partial charge >= 0.3 is 0 Å². The van der Waals surface area contributed by atoms with Gasteiger partial charge in [-0.15, -0.1) is 0 Å². The van der Waals surface area contributed by atoms with E-state index in [2.05, 4.69) is 24.1 Å². The van der Waals surface area contributed by atoms with Crippen LogP contribution in [0.25, 0.3) is 0 Å². The molecule has 0 atom stereocenters. The molecule has 1 saturated heterocycles. The Kier molecular flexibility index (Phi) is 5.34. The van der Waals surface area contributed by atoms with Crippen molar-refractivity contribution in [1.82, 2.24) is 10.2 Å². The minimum absolute atomic E-state index is 0.00877. The summed E-state index contributed by atoms with van der Waals surface area (Å²) in [5.41, 5.74) is 0.593. The molecule has 1 aliphatic heterocycles. The highest BCUT2D eigenvalue weighted by molar-refractivity contribution is 5.76. The molecule has 0 saturated carbocycles. The Morgan fingerprint density at radius 2 is 1.95 bits per heavy atom. The van der Waals surface area contributed by atoms with Crippen molar-refractivity contribution in [3.63, 3.8) is 0 Å². The van der Waals surface area contributed by atoms with Gasteiger partial charge < -0.3 is 5.32 Å². The lowest BCUT2D eigenvalue weighted by molar-refractivity contribution is -0.121. The molecule has 0 spiro atoms. The molecular formula is C17H25FN2O. The standard InChI is InChI=1S/C17H25FN2O/c1-17(2,20-11-5-6-12-20)13-19-16(21)10-9-14-7-3-4-8-15(14)18/h3-4,7-8H,5-6,9-13H2,1-2H3,(H,19,21). The van der Waals surface area contributed by atoms with Crippen molar-refractivity contribution in [2.45, 2.75) is 45.1 Å². The monoisotopic (exact) mass is 292 g/mol. The zero-order valence-corrected chi connectivity index (χ0v) is 13.0. The highest BCUT2D eigenvalue weighted by Gasteiger charge is 2.29. The summed E-state index contributed by atoms with van der Waals surface area (Å²) >= 11 is 0.